The van der Waals surface area contributed by atoms with Gasteiger partial charge in [0.05, 0.1) is 10.6 Å². The summed E-state index contributed by atoms with van der Waals surface area (Å²) in [7, 11) is -4.12. The second kappa shape index (κ2) is 9.13. The molecule has 0 saturated carbocycles. The number of nitrogens with one attached hydrogen (secondary N) is 1. The molecule has 1 fully saturated rings. The fourth-order valence-corrected chi connectivity index (χ4v) is 4.31. The number of rotatable bonds is 8. The summed E-state index contributed by atoms with van der Waals surface area (Å²) >= 11 is 0. The molecule has 3 N–H and O–H groups in total. The minimum Gasteiger partial charge on any atom is -0.424 e. The molecule has 162 valence electrons. The number of carbonyl (C=O) groups is 1. The molecule has 8 nitrogen and oxygen atoms in total. The number of benzene rings is 2. The van der Waals surface area contributed by atoms with Crippen LogP contribution in [0, 0.1) is 12.8 Å². The number of para-hydroxylation sites is 1. The quantitative estimate of drug-likeness (QED) is 0.616. The summed E-state index contributed by atoms with van der Waals surface area (Å²) in [5, 5.41) is 1.21. The maximum atomic E-state index is 12.9. The van der Waals surface area contributed by atoms with Crippen LogP contribution in [-0.2, 0) is 19.0 Å². The van der Waals surface area contributed by atoms with E-state index in [1.807, 2.05) is 26.8 Å². The summed E-state index contributed by atoms with van der Waals surface area (Å²) in [6.07, 6.45) is -2.36. The van der Waals surface area contributed by atoms with E-state index in [4.69, 9.17) is 14.7 Å². The van der Waals surface area contributed by atoms with Gasteiger partial charge in [-0.05, 0) is 43.5 Å². The van der Waals surface area contributed by atoms with Gasteiger partial charge in [-0.1, -0.05) is 49.7 Å². The van der Waals surface area contributed by atoms with E-state index >= 15 is 0 Å². The number of anilines is 1. The molecule has 1 heterocycles. The van der Waals surface area contributed by atoms with Crippen molar-refractivity contribution in [2.45, 2.75) is 50.5 Å². The third kappa shape index (κ3) is 5.17. The third-order valence-electron chi connectivity index (χ3n) is 4.69. The van der Waals surface area contributed by atoms with Gasteiger partial charge in [-0.25, -0.2) is 9.80 Å². The van der Waals surface area contributed by atoms with Crippen molar-refractivity contribution >= 4 is 21.9 Å². The van der Waals surface area contributed by atoms with E-state index in [9.17, 15) is 13.2 Å². The van der Waals surface area contributed by atoms with Crippen LogP contribution in [0.15, 0.2) is 59.5 Å². The molecular weight excluding hydrogens is 406 g/mol. The van der Waals surface area contributed by atoms with Gasteiger partial charge in [0, 0.05) is 6.04 Å². The lowest BCUT2D eigenvalue weighted by Gasteiger charge is -2.28. The van der Waals surface area contributed by atoms with Gasteiger partial charge in [0.15, 0.2) is 0 Å². The van der Waals surface area contributed by atoms with Gasteiger partial charge in [-0.15, -0.1) is 0 Å². The molecule has 3 rings (SSSR count). The predicted octanol–water partition coefficient (Wildman–Crippen LogP) is 2.93. The topological polar surface area (TPSA) is 111 Å². The second-order valence-electron chi connectivity index (χ2n) is 7.73. The molecule has 2 aromatic carbocycles. The van der Waals surface area contributed by atoms with E-state index in [0.29, 0.717) is 12.1 Å². The fourth-order valence-electron chi connectivity index (χ4n) is 3.20. The number of nitrogens with two attached hydrogens (primary N) is 1. The molecule has 30 heavy (non-hydrogen) atoms. The number of hydrazine groups is 1. The Morgan fingerprint density at radius 3 is 2.37 bits per heavy atom. The molecule has 1 saturated heterocycles. The zero-order valence-electron chi connectivity index (χ0n) is 17.2. The molecule has 0 spiro atoms. The Bertz CT molecular complexity index is 964. The number of hydrogen-bond donors (Lipinski definition) is 2. The molecule has 1 aliphatic heterocycles. The maximum absolute atomic E-state index is 12.9. The molecular formula is C21H27N3O5S. The zero-order chi connectivity index (χ0) is 21.9. The first-order chi connectivity index (χ1) is 14.2. The van der Waals surface area contributed by atoms with Crippen LogP contribution in [0.3, 0.4) is 0 Å². The smallest absolute Gasteiger partial charge is 0.424 e. The van der Waals surface area contributed by atoms with Crippen molar-refractivity contribution < 1.29 is 22.1 Å². The van der Waals surface area contributed by atoms with Crippen LogP contribution < -0.4 is 16.2 Å². The Morgan fingerprint density at radius 2 is 1.77 bits per heavy atom. The van der Waals surface area contributed by atoms with Crippen molar-refractivity contribution in [2.24, 2.45) is 11.7 Å². The lowest BCUT2D eigenvalue weighted by Crippen LogP contribution is -2.52. The summed E-state index contributed by atoms with van der Waals surface area (Å²) in [5.74, 6) is 0.190. The van der Waals surface area contributed by atoms with E-state index in [-0.39, 0.29) is 10.8 Å². The molecule has 1 aliphatic rings. The Morgan fingerprint density at radius 1 is 1.13 bits per heavy atom. The average Bonchev–Trinajstić information content (AvgIpc) is 3.08. The van der Waals surface area contributed by atoms with Gasteiger partial charge in [-0.3, -0.25) is 4.18 Å². The van der Waals surface area contributed by atoms with E-state index < -0.39 is 34.6 Å². The number of hydrogen-bond acceptors (Lipinski definition) is 7. The molecule has 2 unspecified atom stereocenters. The Hall–Kier alpha value is -2.46. The van der Waals surface area contributed by atoms with Crippen LogP contribution in [-0.4, -0.2) is 32.9 Å². The summed E-state index contributed by atoms with van der Waals surface area (Å²) < 4.78 is 36.7. The molecule has 0 aromatic heterocycles. The first kappa shape index (κ1) is 22.2. The lowest BCUT2D eigenvalue weighted by molar-refractivity contribution is 0.0169. The molecule has 0 radical (unpaired) electrons. The predicted molar refractivity (Wildman–Crippen MR) is 113 cm³/mol. The maximum Gasteiger partial charge on any atom is 0.430 e. The van der Waals surface area contributed by atoms with E-state index in [1.54, 1.807) is 36.4 Å². The van der Waals surface area contributed by atoms with Gasteiger partial charge in [0.2, 0.25) is 6.23 Å². The molecule has 3 atom stereocenters. The fraction of sp³-hybridized carbons (Fsp3) is 0.381. The van der Waals surface area contributed by atoms with Crippen molar-refractivity contribution in [1.29, 1.82) is 0 Å². The van der Waals surface area contributed by atoms with Crippen LogP contribution in [0.5, 0.6) is 0 Å². The number of carbonyl (C=O) groups excluding carboxylic acids is 1. The highest BCUT2D eigenvalue weighted by Gasteiger charge is 2.43. The van der Waals surface area contributed by atoms with E-state index in [2.05, 4.69) is 5.43 Å². The van der Waals surface area contributed by atoms with Crippen LogP contribution >= 0.6 is 0 Å². The largest absolute Gasteiger partial charge is 0.430 e. The number of nitrogens with zero attached hydrogens (tertiary/aromatic N) is 1. The Labute approximate surface area is 177 Å². The Balaban J connectivity index is 1.86. The number of aryl methyl sites for hydroxylation is 1. The highest BCUT2D eigenvalue weighted by Crippen LogP contribution is 2.25. The van der Waals surface area contributed by atoms with Crippen molar-refractivity contribution in [3.63, 3.8) is 0 Å². The summed E-state index contributed by atoms with van der Waals surface area (Å²) in [5.41, 5.74) is 10.7. The summed E-state index contributed by atoms with van der Waals surface area (Å²) in [6, 6.07) is 14.4. The first-order valence-electron chi connectivity index (χ1n) is 9.75. The van der Waals surface area contributed by atoms with Crippen molar-refractivity contribution in [2.75, 3.05) is 5.01 Å². The summed E-state index contributed by atoms with van der Waals surface area (Å²) in [6.45, 7) is 5.80. The van der Waals surface area contributed by atoms with Gasteiger partial charge in [0.1, 0.15) is 6.10 Å². The zero-order valence-corrected chi connectivity index (χ0v) is 18.0. The average molecular weight is 434 g/mol. The molecule has 9 heteroatoms. The minimum absolute atomic E-state index is 0.0130. The van der Waals surface area contributed by atoms with Gasteiger partial charge >= 0.3 is 6.09 Å². The summed E-state index contributed by atoms with van der Waals surface area (Å²) in [4.78, 5) is 12.4. The van der Waals surface area contributed by atoms with Crippen LogP contribution in [0.2, 0.25) is 0 Å². The van der Waals surface area contributed by atoms with Crippen molar-refractivity contribution in [1.82, 2.24) is 5.43 Å². The van der Waals surface area contributed by atoms with Crippen LogP contribution in [0.1, 0.15) is 25.8 Å². The van der Waals surface area contributed by atoms with Crippen LogP contribution in [0.4, 0.5) is 10.5 Å². The number of cyclic esters (lactones) is 1. The molecule has 0 bridgehead atoms. The van der Waals surface area contributed by atoms with Crippen LogP contribution in [0.25, 0.3) is 0 Å². The van der Waals surface area contributed by atoms with Crippen molar-refractivity contribution in [3.8, 4) is 0 Å². The van der Waals surface area contributed by atoms with Gasteiger partial charge < -0.3 is 10.5 Å². The lowest BCUT2D eigenvalue weighted by atomic mass is 9.99. The molecule has 1 amide bonds. The molecule has 2 aromatic rings. The molecule has 0 aliphatic carbocycles. The normalized spacial score (nSPS) is 19.0. The first-order valence-corrected chi connectivity index (χ1v) is 11.2. The van der Waals surface area contributed by atoms with E-state index in [1.165, 1.54) is 17.1 Å². The Kier molecular flexibility index (Phi) is 6.77. The highest BCUT2D eigenvalue weighted by atomic mass is 32.2. The standard InChI is InChI=1S/C21H27N3O5S/c1-14(2)13-18(22)19(29-30(26,27)17-11-9-15(3)10-12-17)20-23-24(21(25)28-20)16-7-5-4-6-8-16/h4-12,14,18-20,23H,13,22H2,1-3H3/t18-,19?,20?/m0/s1. The van der Waals surface area contributed by atoms with Gasteiger partial charge in [0.25, 0.3) is 10.1 Å². The van der Waals surface area contributed by atoms with E-state index in [0.717, 1.165) is 5.56 Å². The monoisotopic (exact) mass is 433 g/mol. The minimum atomic E-state index is -4.12. The van der Waals surface area contributed by atoms with Gasteiger partial charge in [-0.2, -0.15) is 13.8 Å². The number of amides is 1. The highest BCUT2D eigenvalue weighted by molar-refractivity contribution is 7.86. The van der Waals surface area contributed by atoms with Crippen molar-refractivity contribution in [3.05, 3.63) is 60.2 Å². The third-order valence-corrected chi connectivity index (χ3v) is 6.02. The SMILES string of the molecule is Cc1ccc(S(=O)(=O)OC(C2NN(c3ccccc3)C(=O)O2)[C@@H](N)CC(C)C)cc1. The number of ether oxygens (including phenoxy) is 1. The second-order valence-corrected chi connectivity index (χ2v) is 9.30.